The van der Waals surface area contributed by atoms with Gasteiger partial charge in [-0.25, -0.2) is 4.79 Å². The number of alkyl halides is 3. The maximum atomic E-state index is 12.5. The van der Waals surface area contributed by atoms with Gasteiger partial charge < -0.3 is 16.4 Å². The van der Waals surface area contributed by atoms with Crippen LogP contribution in [0.5, 0.6) is 0 Å². The van der Waals surface area contributed by atoms with E-state index in [1.807, 2.05) is 6.92 Å². The number of hydrogen-bond donors (Lipinski definition) is 3. The zero-order chi connectivity index (χ0) is 14.5. The molecule has 0 fully saturated rings. The first-order valence-corrected chi connectivity index (χ1v) is 5.75. The van der Waals surface area contributed by atoms with Gasteiger partial charge in [-0.2, -0.15) is 13.2 Å². The fourth-order valence-electron chi connectivity index (χ4n) is 1.30. The summed E-state index contributed by atoms with van der Waals surface area (Å²) in [5, 5.41) is 4.87. The number of hydrogen-bond acceptors (Lipinski definition) is 2. The minimum Gasteiger partial charge on any atom is -0.338 e. The van der Waals surface area contributed by atoms with Crippen molar-refractivity contribution in [2.45, 2.75) is 13.1 Å². The lowest BCUT2D eigenvalue weighted by atomic mass is 10.2. The standard InChI is InChI=1S/C12H16F3N3O/c1-8(6-16)7-17-11(19)18-10-4-2-3-9(5-10)12(13,14)15/h2-5,8H,6-7,16H2,1H3,(H2,17,18,19). The van der Waals surface area contributed by atoms with Gasteiger partial charge in [0.05, 0.1) is 5.56 Å². The van der Waals surface area contributed by atoms with E-state index in [2.05, 4.69) is 10.6 Å². The average molecular weight is 275 g/mol. The van der Waals surface area contributed by atoms with Gasteiger partial charge in [0, 0.05) is 12.2 Å². The summed E-state index contributed by atoms with van der Waals surface area (Å²) < 4.78 is 37.4. The molecule has 0 saturated heterocycles. The molecule has 4 N–H and O–H groups in total. The highest BCUT2D eigenvalue weighted by Gasteiger charge is 2.30. The second-order valence-corrected chi connectivity index (χ2v) is 4.25. The van der Waals surface area contributed by atoms with Crippen molar-refractivity contribution in [3.05, 3.63) is 29.8 Å². The molecule has 0 aliphatic rings. The number of urea groups is 1. The molecule has 0 heterocycles. The monoisotopic (exact) mass is 275 g/mol. The minimum absolute atomic E-state index is 0.0905. The molecular formula is C12H16F3N3O. The Labute approximate surface area is 109 Å². The topological polar surface area (TPSA) is 67.1 Å². The highest BCUT2D eigenvalue weighted by atomic mass is 19.4. The molecule has 7 heteroatoms. The van der Waals surface area contributed by atoms with E-state index in [4.69, 9.17) is 5.73 Å². The van der Waals surface area contributed by atoms with Crippen molar-refractivity contribution in [2.24, 2.45) is 11.7 Å². The number of benzene rings is 1. The summed E-state index contributed by atoms with van der Waals surface area (Å²) in [4.78, 5) is 11.4. The molecule has 0 aliphatic heterocycles. The van der Waals surface area contributed by atoms with Gasteiger partial charge in [0.15, 0.2) is 0 Å². The quantitative estimate of drug-likeness (QED) is 0.790. The average Bonchev–Trinajstić information content (AvgIpc) is 2.35. The summed E-state index contributed by atoms with van der Waals surface area (Å²) in [7, 11) is 0. The van der Waals surface area contributed by atoms with Crippen LogP contribution in [-0.2, 0) is 6.18 Å². The molecular weight excluding hydrogens is 259 g/mol. The van der Waals surface area contributed by atoms with Crippen molar-refractivity contribution >= 4 is 11.7 Å². The van der Waals surface area contributed by atoms with Gasteiger partial charge in [-0.1, -0.05) is 13.0 Å². The number of nitrogens with two attached hydrogens (primary N) is 1. The normalized spacial score (nSPS) is 12.9. The van der Waals surface area contributed by atoms with E-state index in [0.29, 0.717) is 13.1 Å². The van der Waals surface area contributed by atoms with E-state index < -0.39 is 17.8 Å². The predicted octanol–water partition coefficient (Wildman–Crippen LogP) is 2.42. The molecule has 1 atom stereocenters. The number of carbonyl (C=O) groups is 1. The van der Waals surface area contributed by atoms with Crippen molar-refractivity contribution in [3.8, 4) is 0 Å². The summed E-state index contributed by atoms with van der Waals surface area (Å²) >= 11 is 0. The predicted molar refractivity (Wildman–Crippen MR) is 66.7 cm³/mol. The van der Waals surface area contributed by atoms with Crippen molar-refractivity contribution < 1.29 is 18.0 Å². The van der Waals surface area contributed by atoms with Crippen LogP contribution in [0.2, 0.25) is 0 Å². The molecule has 4 nitrogen and oxygen atoms in total. The van der Waals surface area contributed by atoms with Gasteiger partial charge in [0.1, 0.15) is 0 Å². The zero-order valence-electron chi connectivity index (χ0n) is 10.4. The molecule has 0 spiro atoms. The van der Waals surface area contributed by atoms with E-state index in [9.17, 15) is 18.0 Å². The highest BCUT2D eigenvalue weighted by Crippen LogP contribution is 2.30. The van der Waals surface area contributed by atoms with Crippen molar-refractivity contribution in [1.82, 2.24) is 5.32 Å². The van der Waals surface area contributed by atoms with Crippen LogP contribution in [0.1, 0.15) is 12.5 Å². The van der Waals surface area contributed by atoms with Gasteiger partial charge in [-0.3, -0.25) is 0 Å². The van der Waals surface area contributed by atoms with Gasteiger partial charge in [-0.15, -0.1) is 0 Å². The number of amides is 2. The maximum Gasteiger partial charge on any atom is 0.416 e. The Hall–Kier alpha value is -1.76. The first kappa shape index (κ1) is 15.3. The second-order valence-electron chi connectivity index (χ2n) is 4.25. The second kappa shape index (κ2) is 6.42. The number of halogens is 3. The lowest BCUT2D eigenvalue weighted by Crippen LogP contribution is -2.34. The van der Waals surface area contributed by atoms with E-state index in [1.54, 1.807) is 0 Å². The van der Waals surface area contributed by atoms with Crippen LogP contribution >= 0.6 is 0 Å². The van der Waals surface area contributed by atoms with E-state index >= 15 is 0 Å². The molecule has 106 valence electrons. The lowest BCUT2D eigenvalue weighted by molar-refractivity contribution is -0.137. The molecule has 2 amide bonds. The Balaban J connectivity index is 2.60. The summed E-state index contributed by atoms with van der Waals surface area (Å²) in [5.41, 5.74) is 4.67. The Morgan fingerprint density at radius 2 is 2.11 bits per heavy atom. The maximum absolute atomic E-state index is 12.5. The fraction of sp³-hybridized carbons (Fsp3) is 0.417. The van der Waals surface area contributed by atoms with Gasteiger partial charge in [0.25, 0.3) is 0 Å². The molecule has 0 aliphatic carbocycles. The van der Waals surface area contributed by atoms with Crippen LogP contribution in [0.15, 0.2) is 24.3 Å². The van der Waals surface area contributed by atoms with Gasteiger partial charge in [-0.05, 0) is 30.7 Å². The summed E-state index contributed by atoms with van der Waals surface area (Å²) in [6.45, 7) is 2.63. The Morgan fingerprint density at radius 1 is 1.42 bits per heavy atom. The van der Waals surface area contributed by atoms with Crippen LogP contribution in [0.25, 0.3) is 0 Å². The highest BCUT2D eigenvalue weighted by molar-refractivity contribution is 5.89. The first-order valence-electron chi connectivity index (χ1n) is 5.75. The first-order chi connectivity index (χ1) is 8.82. The third kappa shape index (κ3) is 5.17. The van der Waals surface area contributed by atoms with Crippen LogP contribution < -0.4 is 16.4 Å². The Kier molecular flexibility index (Phi) is 5.17. The SMILES string of the molecule is CC(CN)CNC(=O)Nc1cccc(C(F)(F)F)c1. The Morgan fingerprint density at radius 3 is 2.68 bits per heavy atom. The molecule has 0 saturated carbocycles. The molecule has 1 rings (SSSR count). The van der Waals surface area contributed by atoms with E-state index in [0.717, 1.165) is 12.1 Å². The minimum atomic E-state index is -4.43. The third-order valence-electron chi connectivity index (χ3n) is 2.46. The zero-order valence-corrected chi connectivity index (χ0v) is 10.4. The molecule has 0 aromatic heterocycles. The third-order valence-corrected chi connectivity index (χ3v) is 2.46. The Bertz CT molecular complexity index is 434. The molecule has 0 bridgehead atoms. The summed E-state index contributed by atoms with van der Waals surface area (Å²) in [6.07, 6.45) is -4.43. The molecule has 0 radical (unpaired) electrons. The number of anilines is 1. The van der Waals surface area contributed by atoms with E-state index in [1.165, 1.54) is 12.1 Å². The van der Waals surface area contributed by atoms with Gasteiger partial charge >= 0.3 is 12.2 Å². The molecule has 1 unspecified atom stereocenters. The fourth-order valence-corrected chi connectivity index (χ4v) is 1.30. The van der Waals surface area contributed by atoms with Crippen LogP contribution in [0, 0.1) is 5.92 Å². The van der Waals surface area contributed by atoms with Crippen molar-refractivity contribution in [2.75, 3.05) is 18.4 Å². The summed E-state index contributed by atoms with van der Waals surface area (Å²) in [5.74, 6) is 0.104. The smallest absolute Gasteiger partial charge is 0.338 e. The van der Waals surface area contributed by atoms with Crippen molar-refractivity contribution in [3.63, 3.8) is 0 Å². The lowest BCUT2D eigenvalue weighted by Gasteiger charge is -2.12. The molecule has 1 aromatic carbocycles. The molecule has 1 aromatic rings. The van der Waals surface area contributed by atoms with Crippen molar-refractivity contribution in [1.29, 1.82) is 0 Å². The van der Waals surface area contributed by atoms with Gasteiger partial charge in [0.2, 0.25) is 0 Å². The van der Waals surface area contributed by atoms with E-state index in [-0.39, 0.29) is 11.6 Å². The number of rotatable bonds is 4. The van der Waals surface area contributed by atoms with Crippen LogP contribution in [-0.4, -0.2) is 19.1 Å². The number of carbonyl (C=O) groups excluding carboxylic acids is 1. The number of nitrogens with one attached hydrogen (secondary N) is 2. The largest absolute Gasteiger partial charge is 0.416 e. The van der Waals surface area contributed by atoms with Crippen LogP contribution in [0.4, 0.5) is 23.7 Å². The van der Waals surface area contributed by atoms with Crippen LogP contribution in [0.3, 0.4) is 0 Å². The molecule has 19 heavy (non-hydrogen) atoms. The summed E-state index contributed by atoms with van der Waals surface area (Å²) in [6, 6.07) is 3.90.